The minimum Gasteiger partial charge on any atom is -0.351 e. The van der Waals surface area contributed by atoms with Crippen LogP contribution >= 0.6 is 0 Å². The number of carbonyl (C=O) groups is 1. The Hall–Kier alpha value is -3.43. The van der Waals surface area contributed by atoms with E-state index in [2.05, 4.69) is 32.3 Å². The predicted molar refractivity (Wildman–Crippen MR) is 168 cm³/mol. The van der Waals surface area contributed by atoms with Gasteiger partial charge in [0.1, 0.15) is 17.2 Å². The Labute approximate surface area is 262 Å². The second kappa shape index (κ2) is 13.1. The van der Waals surface area contributed by atoms with Gasteiger partial charge in [0, 0.05) is 56.3 Å². The Bertz CT molecular complexity index is 1630. The summed E-state index contributed by atoms with van der Waals surface area (Å²) in [5.41, 5.74) is 1.21. The van der Waals surface area contributed by atoms with Gasteiger partial charge >= 0.3 is 0 Å². The van der Waals surface area contributed by atoms with Crippen molar-refractivity contribution >= 4 is 44.7 Å². The van der Waals surface area contributed by atoms with E-state index < -0.39 is 21.7 Å². The molecule has 3 N–H and O–H groups in total. The largest absolute Gasteiger partial charge is 0.351 e. The van der Waals surface area contributed by atoms with Gasteiger partial charge in [-0.3, -0.25) is 9.36 Å². The van der Waals surface area contributed by atoms with Gasteiger partial charge in [0.15, 0.2) is 5.65 Å². The zero-order chi connectivity index (χ0) is 31.7. The average molecular weight is 646 g/mol. The van der Waals surface area contributed by atoms with Crippen molar-refractivity contribution in [2.45, 2.75) is 69.5 Å². The van der Waals surface area contributed by atoms with Gasteiger partial charge in [0.25, 0.3) is 0 Å². The first-order valence-electron chi connectivity index (χ1n) is 15.7. The minimum atomic E-state index is -3.26. The summed E-state index contributed by atoms with van der Waals surface area (Å²) >= 11 is 0. The van der Waals surface area contributed by atoms with E-state index >= 15 is 0 Å². The second-order valence-electron chi connectivity index (χ2n) is 12.7. The number of amides is 1. The van der Waals surface area contributed by atoms with Crippen LogP contribution in [0.1, 0.15) is 57.4 Å². The maximum atomic E-state index is 14.7. The summed E-state index contributed by atoms with van der Waals surface area (Å²) in [5, 5.41) is 6.46. The molecular weight excluding hydrogens is 604 g/mol. The highest BCUT2D eigenvalue weighted by Crippen LogP contribution is 2.38. The quantitative estimate of drug-likeness (QED) is 0.336. The normalized spacial score (nSPS) is 24.9. The lowest BCUT2D eigenvalue weighted by Crippen LogP contribution is -2.49. The van der Waals surface area contributed by atoms with Crippen molar-refractivity contribution < 1.29 is 22.0 Å². The van der Waals surface area contributed by atoms with Crippen molar-refractivity contribution in [1.29, 1.82) is 0 Å². The zero-order valence-corrected chi connectivity index (χ0v) is 26.5. The van der Waals surface area contributed by atoms with Gasteiger partial charge in [0.2, 0.25) is 27.8 Å². The molecule has 3 aromatic rings. The van der Waals surface area contributed by atoms with Gasteiger partial charge in [-0.05, 0) is 70.5 Å². The molecule has 0 radical (unpaired) electrons. The highest BCUT2D eigenvalue weighted by Gasteiger charge is 2.33. The maximum Gasteiger partial charge on any atom is 0.225 e. The Kier molecular flexibility index (Phi) is 9.20. The number of imidazole rings is 1. The maximum absolute atomic E-state index is 14.7. The van der Waals surface area contributed by atoms with Crippen molar-refractivity contribution in [2.24, 2.45) is 5.92 Å². The molecule has 1 saturated heterocycles. The molecule has 3 fully saturated rings. The second-order valence-corrected chi connectivity index (χ2v) is 14.5. The van der Waals surface area contributed by atoms with Crippen LogP contribution < -0.4 is 15.4 Å². The van der Waals surface area contributed by atoms with E-state index in [9.17, 15) is 22.0 Å². The lowest BCUT2D eigenvalue weighted by molar-refractivity contribution is -0.138. The van der Waals surface area contributed by atoms with Crippen LogP contribution in [0.2, 0.25) is 0 Å². The number of rotatable bonds is 8. The molecule has 0 bridgehead atoms. The number of piperazine rings is 1. The fourth-order valence-corrected chi connectivity index (χ4v) is 7.65. The van der Waals surface area contributed by atoms with Gasteiger partial charge in [-0.25, -0.2) is 31.9 Å². The van der Waals surface area contributed by atoms with Crippen LogP contribution in [0.4, 0.5) is 26.4 Å². The number of hydrogen-bond acceptors (Lipinski definition) is 9. The topological polar surface area (TPSA) is 137 Å². The summed E-state index contributed by atoms with van der Waals surface area (Å²) in [6, 6.07) is 3.31. The molecule has 3 heterocycles. The summed E-state index contributed by atoms with van der Waals surface area (Å²) in [7, 11) is -1.19. The lowest BCUT2D eigenvalue weighted by atomic mass is 9.85. The van der Waals surface area contributed by atoms with Crippen molar-refractivity contribution in [3.8, 4) is 0 Å². The number of hydrogen-bond donors (Lipinski definition) is 3. The van der Waals surface area contributed by atoms with Crippen molar-refractivity contribution in [3.63, 3.8) is 0 Å². The molecule has 2 saturated carbocycles. The van der Waals surface area contributed by atoms with E-state index in [1.165, 1.54) is 18.4 Å². The number of halogens is 2. The van der Waals surface area contributed by atoms with Gasteiger partial charge in [0.05, 0.1) is 18.1 Å². The van der Waals surface area contributed by atoms with E-state index in [1.54, 1.807) is 6.20 Å². The third-order valence-electron chi connectivity index (χ3n) is 9.28. The molecule has 12 nitrogen and oxygen atoms in total. The number of likely N-dealkylation sites (N-methyl/N-ethyl adjacent to an activating group) is 1. The Morgan fingerprint density at radius 1 is 0.933 bits per heavy atom. The summed E-state index contributed by atoms with van der Waals surface area (Å²) < 4.78 is 56.2. The summed E-state index contributed by atoms with van der Waals surface area (Å²) in [6.07, 6.45) is 8.63. The first-order valence-corrected chi connectivity index (χ1v) is 17.6. The van der Waals surface area contributed by atoms with Crippen molar-refractivity contribution in [2.75, 3.05) is 50.1 Å². The summed E-state index contributed by atoms with van der Waals surface area (Å²) in [4.78, 5) is 31.6. The molecule has 1 amide bonds. The van der Waals surface area contributed by atoms with Gasteiger partial charge < -0.3 is 20.4 Å². The van der Waals surface area contributed by atoms with Crippen LogP contribution in [0.15, 0.2) is 24.4 Å². The SMILES string of the molecule is CN1CCN(C(=O)[C@H]2CC[C@@H](n3c(Nc4ccc(F)cc4F)nc4cnc(N[C@H]5CC[C@H](NS(C)(=O)=O)CC5)nc43)CC2)CC1. The summed E-state index contributed by atoms with van der Waals surface area (Å²) in [5.74, 6) is -0.407. The number of fused-ring (bicyclic) bond motifs is 1. The van der Waals surface area contributed by atoms with E-state index in [-0.39, 0.29) is 35.6 Å². The number of carbonyl (C=O) groups excluding carboxylic acids is 1. The molecule has 0 spiro atoms. The third-order valence-corrected chi connectivity index (χ3v) is 10.0. The van der Waals surface area contributed by atoms with E-state index in [0.29, 0.717) is 35.9 Å². The summed E-state index contributed by atoms with van der Waals surface area (Å²) in [6.45, 7) is 3.26. The third kappa shape index (κ3) is 7.52. The molecule has 0 atom stereocenters. The zero-order valence-electron chi connectivity index (χ0n) is 25.7. The Morgan fingerprint density at radius 2 is 1.62 bits per heavy atom. The fourth-order valence-electron chi connectivity index (χ4n) is 6.81. The van der Waals surface area contributed by atoms with E-state index in [0.717, 1.165) is 70.8 Å². The number of nitrogens with zero attached hydrogens (tertiary/aromatic N) is 6. The molecule has 15 heteroatoms. The number of benzene rings is 1. The minimum absolute atomic E-state index is 0.0374. The lowest BCUT2D eigenvalue weighted by Gasteiger charge is -2.37. The average Bonchev–Trinajstić information content (AvgIpc) is 3.36. The highest BCUT2D eigenvalue weighted by molar-refractivity contribution is 7.88. The molecule has 6 rings (SSSR count). The number of nitrogens with one attached hydrogen (secondary N) is 3. The molecule has 2 aliphatic carbocycles. The molecule has 45 heavy (non-hydrogen) atoms. The molecular formula is C30H41F2N9O3S. The molecule has 244 valence electrons. The van der Waals surface area contributed by atoms with Crippen LogP contribution in [0, 0.1) is 17.6 Å². The van der Waals surface area contributed by atoms with E-state index in [1.807, 2.05) is 9.47 Å². The van der Waals surface area contributed by atoms with Gasteiger partial charge in [-0.15, -0.1) is 0 Å². The van der Waals surface area contributed by atoms with Crippen molar-refractivity contribution in [3.05, 3.63) is 36.0 Å². The Morgan fingerprint density at radius 3 is 2.29 bits per heavy atom. The van der Waals surface area contributed by atoms with E-state index in [4.69, 9.17) is 9.97 Å². The molecule has 3 aliphatic rings. The standard InChI is InChI=1S/C30H41F2N9O3S/c1-39-13-15-40(16-14-39)28(42)19-3-10-23(11-4-19)41-27-26(36-30(41)35-25-12-5-20(31)17-24(25)32)18-33-29(37-27)34-21-6-8-22(9-7-21)38-45(2,43)44/h5,12,17-19,21-23,38H,3-4,6-11,13-16H2,1-2H3,(H,35,36)(H,33,34,37)/t19-,21-,22-,23+. The highest BCUT2D eigenvalue weighted by atomic mass is 32.2. The molecule has 1 aliphatic heterocycles. The van der Waals surface area contributed by atoms with Crippen LogP contribution in [0.3, 0.4) is 0 Å². The van der Waals surface area contributed by atoms with Gasteiger partial charge in [-0.1, -0.05) is 0 Å². The smallest absolute Gasteiger partial charge is 0.225 e. The Balaban J connectivity index is 1.22. The van der Waals surface area contributed by atoms with Crippen LogP contribution in [-0.4, -0.2) is 95.2 Å². The first-order chi connectivity index (χ1) is 21.5. The monoisotopic (exact) mass is 645 g/mol. The number of anilines is 3. The van der Waals surface area contributed by atoms with Crippen LogP contribution in [-0.2, 0) is 14.8 Å². The fraction of sp³-hybridized carbons (Fsp3) is 0.600. The molecule has 2 aromatic heterocycles. The number of sulfonamides is 1. The molecule has 0 unspecified atom stereocenters. The van der Waals surface area contributed by atoms with Crippen molar-refractivity contribution in [1.82, 2.24) is 34.0 Å². The predicted octanol–water partition coefficient (Wildman–Crippen LogP) is 3.63. The number of aromatic nitrogens is 4. The molecule has 1 aromatic carbocycles. The van der Waals surface area contributed by atoms with Gasteiger partial charge in [-0.2, -0.15) is 4.98 Å². The van der Waals surface area contributed by atoms with Crippen LogP contribution in [0.25, 0.3) is 11.2 Å². The van der Waals surface area contributed by atoms with Crippen LogP contribution in [0.5, 0.6) is 0 Å². The first kappa shape index (κ1) is 31.5.